The Morgan fingerprint density at radius 2 is 1.93 bits per heavy atom. The molecule has 8 heteroatoms. The van der Waals surface area contributed by atoms with Gasteiger partial charge in [0.2, 0.25) is 0 Å². The van der Waals surface area contributed by atoms with E-state index in [0.29, 0.717) is 18.3 Å². The van der Waals surface area contributed by atoms with E-state index in [1.165, 1.54) is 0 Å². The summed E-state index contributed by atoms with van der Waals surface area (Å²) in [7, 11) is 1.60. The highest BCUT2D eigenvalue weighted by Crippen LogP contribution is 2.31. The second-order valence-electron chi connectivity index (χ2n) is 6.09. The number of aromatic nitrogens is 1. The highest BCUT2D eigenvalue weighted by atomic mass is 79.9. The average molecular weight is 462 g/mol. The molecule has 1 heterocycles. The van der Waals surface area contributed by atoms with Gasteiger partial charge in [0.1, 0.15) is 5.75 Å². The third-order valence-electron chi connectivity index (χ3n) is 4.24. The van der Waals surface area contributed by atoms with Crippen molar-refractivity contribution in [2.45, 2.75) is 6.54 Å². The first-order valence-corrected chi connectivity index (χ1v) is 9.52. The van der Waals surface area contributed by atoms with Crippen LogP contribution in [0.2, 0.25) is 0 Å². The summed E-state index contributed by atoms with van der Waals surface area (Å²) >= 11 is 3.49. The summed E-state index contributed by atoms with van der Waals surface area (Å²) in [6.07, 6.45) is 0.372. The van der Waals surface area contributed by atoms with Gasteiger partial charge < -0.3 is 15.4 Å². The summed E-state index contributed by atoms with van der Waals surface area (Å²) in [5.41, 5.74) is 1.64. The Balaban J connectivity index is 1.93. The number of nitrogens with one attached hydrogen (secondary N) is 2. The summed E-state index contributed by atoms with van der Waals surface area (Å²) in [5, 5.41) is 7.33. The van der Waals surface area contributed by atoms with E-state index in [1.54, 1.807) is 13.3 Å². The first-order chi connectivity index (χ1) is 14.0. The number of carbonyl (C=O) groups excluding carboxylic acids is 1. The number of anilines is 1. The van der Waals surface area contributed by atoms with Crippen molar-refractivity contribution in [3.63, 3.8) is 0 Å². The van der Waals surface area contributed by atoms with Gasteiger partial charge in [-0.25, -0.2) is 4.98 Å². The second kappa shape index (κ2) is 9.47. The molecular formula is C21H18BrF2N3O2. The van der Waals surface area contributed by atoms with E-state index in [4.69, 9.17) is 4.74 Å². The molecule has 1 amide bonds. The highest BCUT2D eigenvalue weighted by molar-refractivity contribution is 9.10. The van der Waals surface area contributed by atoms with Crippen molar-refractivity contribution in [1.29, 1.82) is 0 Å². The van der Waals surface area contributed by atoms with Gasteiger partial charge in [-0.3, -0.25) is 4.79 Å². The Morgan fingerprint density at radius 3 is 2.62 bits per heavy atom. The maximum absolute atomic E-state index is 12.6. The summed E-state index contributed by atoms with van der Waals surface area (Å²) in [4.78, 5) is 16.8. The van der Waals surface area contributed by atoms with Crippen LogP contribution in [0.25, 0.3) is 10.8 Å². The molecule has 5 nitrogen and oxygen atoms in total. The number of methoxy groups -OCH3 is 1. The van der Waals surface area contributed by atoms with Crippen molar-refractivity contribution in [1.82, 2.24) is 10.3 Å². The first-order valence-electron chi connectivity index (χ1n) is 8.73. The van der Waals surface area contributed by atoms with Crippen LogP contribution in [0.3, 0.4) is 0 Å². The lowest BCUT2D eigenvalue weighted by Crippen LogP contribution is -2.25. The number of fused-ring (bicyclic) bond motifs is 1. The van der Waals surface area contributed by atoms with Crippen LogP contribution in [0.5, 0.6) is 5.75 Å². The van der Waals surface area contributed by atoms with Gasteiger partial charge in [-0.2, -0.15) is 8.78 Å². The van der Waals surface area contributed by atoms with E-state index in [1.807, 2.05) is 42.5 Å². The number of pyridine rings is 1. The van der Waals surface area contributed by atoms with Gasteiger partial charge in [-0.05, 0) is 23.8 Å². The van der Waals surface area contributed by atoms with E-state index < -0.39 is 12.0 Å². The van der Waals surface area contributed by atoms with E-state index in [9.17, 15) is 13.6 Å². The van der Waals surface area contributed by atoms with Crippen LogP contribution in [0.1, 0.15) is 16.1 Å². The molecule has 0 saturated carbocycles. The fraction of sp³-hybridized carbons (Fsp3) is 0.143. The molecule has 0 bridgehead atoms. The molecule has 0 unspecified atom stereocenters. The van der Waals surface area contributed by atoms with Crippen LogP contribution in [0.15, 0.2) is 65.3 Å². The molecule has 0 aliphatic carbocycles. The molecule has 1 aromatic heterocycles. The van der Waals surface area contributed by atoms with Crippen LogP contribution < -0.4 is 15.4 Å². The van der Waals surface area contributed by atoms with Crippen molar-refractivity contribution < 1.29 is 18.3 Å². The minimum atomic E-state index is -1.85. The monoisotopic (exact) mass is 461 g/mol. The molecule has 2 aromatic carbocycles. The number of amides is 1. The Bertz CT molecular complexity index is 1050. The van der Waals surface area contributed by atoms with Crippen molar-refractivity contribution in [3.05, 3.63) is 76.5 Å². The molecule has 3 rings (SSSR count). The average Bonchev–Trinajstić information content (AvgIpc) is 2.72. The largest absolute Gasteiger partial charge is 0.497 e. The van der Waals surface area contributed by atoms with Crippen LogP contribution in [0.4, 0.5) is 14.5 Å². The predicted molar refractivity (Wildman–Crippen MR) is 112 cm³/mol. The molecule has 0 atom stereocenters. The summed E-state index contributed by atoms with van der Waals surface area (Å²) in [6, 6.07) is 13.1. The zero-order valence-corrected chi connectivity index (χ0v) is 17.1. The maximum atomic E-state index is 12.6. The van der Waals surface area contributed by atoms with Crippen LogP contribution in [-0.2, 0) is 6.54 Å². The summed E-state index contributed by atoms with van der Waals surface area (Å²) < 4.78 is 30.5. The standard InChI is InChI=1S/C21H18BrF2N3O2/c1-29-14-7-5-13(6-8-14)11-26-19-15-3-2-4-17(22)16(15)12-27-20(19)21(28)25-10-9-18(23)24/h2-9,12,26H,10-11H2,1H3,(H,25,28). The molecular weight excluding hydrogens is 444 g/mol. The van der Waals surface area contributed by atoms with Crippen LogP contribution >= 0.6 is 15.9 Å². The van der Waals surface area contributed by atoms with Crippen molar-refractivity contribution in [2.24, 2.45) is 0 Å². The summed E-state index contributed by atoms with van der Waals surface area (Å²) in [6.45, 7) is 0.161. The first kappa shape index (κ1) is 20.7. The summed E-state index contributed by atoms with van der Waals surface area (Å²) in [5.74, 6) is 0.208. The zero-order valence-electron chi connectivity index (χ0n) is 15.5. The van der Waals surface area contributed by atoms with Gasteiger partial charge in [0.05, 0.1) is 12.8 Å². The highest BCUT2D eigenvalue weighted by Gasteiger charge is 2.17. The minimum Gasteiger partial charge on any atom is -0.497 e. The van der Waals surface area contributed by atoms with Gasteiger partial charge in [-0.1, -0.05) is 40.2 Å². The number of nitrogens with zero attached hydrogens (tertiary/aromatic N) is 1. The fourth-order valence-electron chi connectivity index (χ4n) is 2.80. The van der Waals surface area contributed by atoms with E-state index in [-0.39, 0.29) is 12.2 Å². The lowest BCUT2D eigenvalue weighted by Gasteiger charge is -2.15. The Morgan fingerprint density at radius 1 is 1.17 bits per heavy atom. The number of benzene rings is 2. The second-order valence-corrected chi connectivity index (χ2v) is 6.94. The normalized spacial score (nSPS) is 10.5. The number of hydrogen-bond acceptors (Lipinski definition) is 4. The van der Waals surface area contributed by atoms with Crippen LogP contribution in [0, 0.1) is 0 Å². The van der Waals surface area contributed by atoms with Crippen molar-refractivity contribution in [2.75, 3.05) is 19.0 Å². The molecule has 0 aliphatic rings. The van der Waals surface area contributed by atoms with Gasteiger partial charge in [0.15, 0.2) is 5.69 Å². The van der Waals surface area contributed by atoms with Gasteiger partial charge >= 0.3 is 0 Å². The zero-order chi connectivity index (χ0) is 20.8. The number of ether oxygens (including phenoxy) is 1. The lowest BCUT2D eigenvalue weighted by atomic mass is 10.1. The quantitative estimate of drug-likeness (QED) is 0.511. The smallest absolute Gasteiger partial charge is 0.272 e. The lowest BCUT2D eigenvalue weighted by molar-refractivity contribution is 0.0954. The molecule has 0 spiro atoms. The number of hydrogen-bond donors (Lipinski definition) is 2. The minimum absolute atomic E-state index is 0.136. The Kier molecular flexibility index (Phi) is 6.77. The number of carbonyl (C=O) groups is 1. The molecule has 3 aromatic rings. The molecule has 0 aliphatic heterocycles. The van der Waals surface area contributed by atoms with E-state index >= 15 is 0 Å². The maximum Gasteiger partial charge on any atom is 0.272 e. The van der Waals surface area contributed by atoms with E-state index in [2.05, 4.69) is 31.5 Å². The van der Waals surface area contributed by atoms with Crippen LogP contribution in [-0.4, -0.2) is 24.5 Å². The Hall–Kier alpha value is -3.00. The third-order valence-corrected chi connectivity index (χ3v) is 4.94. The topological polar surface area (TPSA) is 63.2 Å². The third kappa shape index (κ3) is 5.08. The van der Waals surface area contributed by atoms with Gasteiger partial charge in [0.25, 0.3) is 12.0 Å². The molecule has 0 radical (unpaired) electrons. The molecule has 150 valence electrons. The fourth-order valence-corrected chi connectivity index (χ4v) is 3.27. The molecule has 29 heavy (non-hydrogen) atoms. The molecule has 0 fully saturated rings. The number of rotatable bonds is 7. The van der Waals surface area contributed by atoms with Gasteiger partial charge in [-0.15, -0.1) is 0 Å². The Labute approximate surface area is 174 Å². The van der Waals surface area contributed by atoms with E-state index in [0.717, 1.165) is 26.6 Å². The van der Waals surface area contributed by atoms with Crippen molar-refractivity contribution >= 4 is 38.3 Å². The predicted octanol–water partition coefficient (Wildman–Crippen LogP) is 5.13. The molecule has 2 N–H and O–H groups in total. The SMILES string of the molecule is COc1ccc(CNc2c(C(=O)NCC=C(F)F)ncc3c(Br)cccc23)cc1. The van der Waals surface area contributed by atoms with Gasteiger partial charge in [0, 0.05) is 40.6 Å². The van der Waals surface area contributed by atoms with Crippen molar-refractivity contribution in [3.8, 4) is 5.75 Å². The number of halogens is 3. The molecule has 0 saturated heterocycles.